The Labute approximate surface area is 152 Å². The second-order valence-electron chi connectivity index (χ2n) is 6.31. The number of benzene rings is 2. The van der Waals surface area contributed by atoms with Crippen molar-refractivity contribution in [2.45, 2.75) is 0 Å². The van der Waals surface area contributed by atoms with Crippen molar-refractivity contribution in [2.24, 2.45) is 0 Å². The number of hydrogen-bond donors (Lipinski definition) is 1. The average molecular weight is 354 g/mol. The first-order valence-electron chi connectivity index (χ1n) is 8.42. The number of fused-ring (bicyclic) bond motifs is 1. The van der Waals surface area contributed by atoms with Gasteiger partial charge >= 0.3 is 0 Å². The van der Waals surface area contributed by atoms with Gasteiger partial charge in [0.1, 0.15) is 5.82 Å². The summed E-state index contributed by atoms with van der Waals surface area (Å²) in [5.41, 5.74) is 1.82. The molecule has 4 rings (SSSR count). The largest absolute Gasteiger partial charge is 0.353 e. The van der Waals surface area contributed by atoms with E-state index in [1.165, 1.54) is 0 Å². The number of para-hydroxylation sites is 1. The number of nitrogens with one attached hydrogen (secondary N) is 1. The van der Waals surface area contributed by atoms with Crippen LogP contribution in [-0.4, -0.2) is 48.1 Å². The highest BCUT2D eigenvalue weighted by molar-refractivity contribution is 6.30. The molecule has 3 aromatic rings. The van der Waals surface area contributed by atoms with E-state index in [2.05, 4.69) is 33.2 Å². The van der Waals surface area contributed by atoms with E-state index < -0.39 is 0 Å². The summed E-state index contributed by atoms with van der Waals surface area (Å²) in [4.78, 5) is 14.2. The summed E-state index contributed by atoms with van der Waals surface area (Å²) < 4.78 is 0. The molecular weight excluding hydrogens is 334 g/mol. The van der Waals surface area contributed by atoms with Gasteiger partial charge in [-0.1, -0.05) is 29.8 Å². The van der Waals surface area contributed by atoms with Crippen LogP contribution in [0.4, 0.5) is 17.5 Å². The van der Waals surface area contributed by atoms with Gasteiger partial charge in [0.15, 0.2) is 0 Å². The highest BCUT2D eigenvalue weighted by Gasteiger charge is 2.19. The summed E-state index contributed by atoms with van der Waals surface area (Å²) in [5, 5.41) is 5.05. The Bertz CT molecular complexity index is 890. The fourth-order valence-electron chi connectivity index (χ4n) is 3.07. The molecule has 0 atom stereocenters. The smallest absolute Gasteiger partial charge is 0.229 e. The highest BCUT2D eigenvalue weighted by Crippen LogP contribution is 2.27. The van der Waals surface area contributed by atoms with Crippen molar-refractivity contribution in [1.29, 1.82) is 0 Å². The van der Waals surface area contributed by atoms with Gasteiger partial charge in [-0.3, -0.25) is 0 Å². The van der Waals surface area contributed by atoms with E-state index in [0.29, 0.717) is 11.0 Å². The molecule has 6 heteroatoms. The Balaban J connectivity index is 1.73. The van der Waals surface area contributed by atoms with Gasteiger partial charge in [0.2, 0.25) is 5.95 Å². The van der Waals surface area contributed by atoms with Crippen molar-refractivity contribution in [3.8, 4) is 0 Å². The number of halogens is 1. The van der Waals surface area contributed by atoms with Crippen molar-refractivity contribution in [3.05, 3.63) is 53.6 Å². The molecule has 0 unspecified atom stereocenters. The minimum Gasteiger partial charge on any atom is -0.353 e. The van der Waals surface area contributed by atoms with E-state index in [-0.39, 0.29) is 0 Å². The normalized spacial score (nSPS) is 15.5. The highest BCUT2D eigenvalue weighted by atomic mass is 35.5. The molecule has 25 heavy (non-hydrogen) atoms. The molecule has 0 radical (unpaired) electrons. The van der Waals surface area contributed by atoms with Crippen LogP contribution in [-0.2, 0) is 0 Å². The Morgan fingerprint density at radius 2 is 1.76 bits per heavy atom. The van der Waals surface area contributed by atoms with Crippen LogP contribution >= 0.6 is 11.6 Å². The standard InChI is InChI=1S/C19H20ClN5/c1-24-9-11-25(12-10-24)18-16-7-2-3-8-17(16)22-19(23-18)21-15-6-4-5-14(20)13-15/h2-8,13H,9-12H2,1H3,(H,21,22,23). The summed E-state index contributed by atoms with van der Waals surface area (Å²) >= 11 is 6.08. The molecule has 0 amide bonds. The summed E-state index contributed by atoms with van der Waals surface area (Å²) in [7, 11) is 2.15. The van der Waals surface area contributed by atoms with E-state index in [0.717, 1.165) is 48.6 Å². The van der Waals surface area contributed by atoms with Crippen LogP contribution in [0.25, 0.3) is 10.9 Å². The summed E-state index contributed by atoms with van der Waals surface area (Å²) in [6.07, 6.45) is 0. The Morgan fingerprint density at radius 3 is 2.56 bits per heavy atom. The summed E-state index contributed by atoms with van der Waals surface area (Å²) in [6.45, 7) is 4.01. The van der Waals surface area contributed by atoms with Gasteiger partial charge < -0.3 is 15.1 Å². The number of nitrogens with zero attached hydrogens (tertiary/aromatic N) is 4. The third kappa shape index (κ3) is 3.52. The van der Waals surface area contributed by atoms with Crippen molar-refractivity contribution in [1.82, 2.24) is 14.9 Å². The van der Waals surface area contributed by atoms with Gasteiger partial charge in [0.25, 0.3) is 0 Å². The molecule has 1 aromatic heterocycles. The predicted octanol–water partition coefficient (Wildman–Crippen LogP) is 3.78. The van der Waals surface area contributed by atoms with Crippen LogP contribution < -0.4 is 10.2 Å². The minimum absolute atomic E-state index is 0.592. The quantitative estimate of drug-likeness (QED) is 0.776. The van der Waals surface area contributed by atoms with E-state index >= 15 is 0 Å². The van der Waals surface area contributed by atoms with Crippen LogP contribution in [0.1, 0.15) is 0 Å². The predicted molar refractivity (Wildman–Crippen MR) is 104 cm³/mol. The second-order valence-corrected chi connectivity index (χ2v) is 6.75. The topological polar surface area (TPSA) is 44.3 Å². The van der Waals surface area contributed by atoms with Crippen LogP contribution in [0.2, 0.25) is 5.02 Å². The Hall–Kier alpha value is -2.37. The maximum Gasteiger partial charge on any atom is 0.229 e. The molecule has 1 fully saturated rings. The molecule has 1 aliphatic heterocycles. The number of piperazine rings is 1. The Kier molecular flexibility index (Phi) is 4.42. The first-order valence-corrected chi connectivity index (χ1v) is 8.80. The van der Waals surface area contributed by atoms with Gasteiger partial charge in [-0.05, 0) is 37.4 Å². The van der Waals surface area contributed by atoms with Crippen molar-refractivity contribution in [3.63, 3.8) is 0 Å². The van der Waals surface area contributed by atoms with Gasteiger partial charge in [-0.25, -0.2) is 4.98 Å². The zero-order valence-electron chi connectivity index (χ0n) is 14.1. The molecule has 2 heterocycles. The molecule has 1 saturated heterocycles. The van der Waals surface area contributed by atoms with Gasteiger partial charge in [-0.15, -0.1) is 0 Å². The molecule has 0 saturated carbocycles. The number of aromatic nitrogens is 2. The zero-order chi connectivity index (χ0) is 17.2. The number of rotatable bonds is 3. The van der Waals surface area contributed by atoms with E-state index in [4.69, 9.17) is 16.6 Å². The lowest BCUT2D eigenvalue weighted by atomic mass is 10.2. The average Bonchev–Trinajstić information content (AvgIpc) is 2.62. The second kappa shape index (κ2) is 6.86. The van der Waals surface area contributed by atoms with Crippen molar-refractivity contribution >= 4 is 40.0 Å². The third-order valence-corrected chi connectivity index (χ3v) is 4.70. The van der Waals surface area contributed by atoms with E-state index in [1.54, 1.807) is 0 Å². The molecule has 1 N–H and O–H groups in total. The van der Waals surface area contributed by atoms with Crippen LogP contribution in [0.3, 0.4) is 0 Å². The molecule has 1 aliphatic rings. The lowest BCUT2D eigenvalue weighted by Crippen LogP contribution is -2.45. The zero-order valence-corrected chi connectivity index (χ0v) is 14.9. The van der Waals surface area contributed by atoms with Crippen LogP contribution in [0.5, 0.6) is 0 Å². The van der Waals surface area contributed by atoms with Gasteiger partial charge in [-0.2, -0.15) is 4.98 Å². The molecular formula is C19H20ClN5. The number of likely N-dealkylation sites (N-methyl/N-ethyl adjacent to an activating group) is 1. The summed E-state index contributed by atoms with van der Waals surface area (Å²) in [6, 6.07) is 15.7. The van der Waals surface area contributed by atoms with Gasteiger partial charge in [0.05, 0.1) is 5.52 Å². The minimum atomic E-state index is 0.592. The number of anilines is 3. The molecule has 0 spiro atoms. The first kappa shape index (κ1) is 16.1. The van der Waals surface area contributed by atoms with Gasteiger partial charge in [0, 0.05) is 42.3 Å². The van der Waals surface area contributed by atoms with E-state index in [9.17, 15) is 0 Å². The van der Waals surface area contributed by atoms with Crippen LogP contribution in [0, 0.1) is 0 Å². The fraction of sp³-hybridized carbons (Fsp3) is 0.263. The molecule has 2 aromatic carbocycles. The molecule has 5 nitrogen and oxygen atoms in total. The molecule has 128 valence electrons. The third-order valence-electron chi connectivity index (χ3n) is 4.47. The van der Waals surface area contributed by atoms with Crippen molar-refractivity contribution in [2.75, 3.05) is 43.4 Å². The van der Waals surface area contributed by atoms with E-state index in [1.807, 2.05) is 42.5 Å². The maximum atomic E-state index is 6.08. The lowest BCUT2D eigenvalue weighted by Gasteiger charge is -2.33. The maximum absolute atomic E-state index is 6.08. The Morgan fingerprint density at radius 1 is 0.960 bits per heavy atom. The van der Waals surface area contributed by atoms with Crippen LogP contribution in [0.15, 0.2) is 48.5 Å². The fourth-order valence-corrected chi connectivity index (χ4v) is 3.26. The lowest BCUT2D eigenvalue weighted by molar-refractivity contribution is 0.312. The molecule has 0 aliphatic carbocycles. The molecule has 0 bridgehead atoms. The number of hydrogen-bond acceptors (Lipinski definition) is 5. The SMILES string of the molecule is CN1CCN(c2nc(Nc3cccc(Cl)c3)nc3ccccc23)CC1. The monoisotopic (exact) mass is 353 g/mol. The summed E-state index contributed by atoms with van der Waals surface area (Å²) in [5.74, 6) is 1.58. The van der Waals surface area contributed by atoms with Crippen molar-refractivity contribution < 1.29 is 0 Å². The first-order chi connectivity index (χ1) is 12.2.